The van der Waals surface area contributed by atoms with Crippen molar-refractivity contribution in [1.29, 1.82) is 0 Å². The highest BCUT2D eigenvalue weighted by molar-refractivity contribution is 5.75. The molecule has 1 saturated heterocycles. The summed E-state index contributed by atoms with van der Waals surface area (Å²) in [6.07, 6.45) is -8.03. The van der Waals surface area contributed by atoms with Gasteiger partial charge in [-0.3, -0.25) is 10.1 Å². The van der Waals surface area contributed by atoms with Crippen LogP contribution in [0.2, 0.25) is 0 Å². The van der Waals surface area contributed by atoms with Crippen LogP contribution in [0.15, 0.2) is 24.3 Å². The van der Waals surface area contributed by atoms with Crippen molar-refractivity contribution in [2.24, 2.45) is 0 Å². The summed E-state index contributed by atoms with van der Waals surface area (Å²) in [4.78, 5) is 21.8. The molecule has 10 nitrogen and oxygen atoms in total. The van der Waals surface area contributed by atoms with Crippen LogP contribution in [-0.4, -0.2) is 63.5 Å². The van der Waals surface area contributed by atoms with Gasteiger partial charge in [-0.1, -0.05) is 0 Å². The molecular weight excluding hydrogens is 326 g/mol. The summed E-state index contributed by atoms with van der Waals surface area (Å²) < 4.78 is 15.2. The Morgan fingerprint density at radius 2 is 1.83 bits per heavy atom. The fraction of sp³-hybridized carbons (Fsp3) is 0.500. The second-order valence-corrected chi connectivity index (χ2v) is 5.02. The number of ether oxygens (including phenoxy) is 3. The summed E-state index contributed by atoms with van der Waals surface area (Å²) in [5.74, 6) is -0.802. The minimum atomic E-state index is -1.70. The van der Waals surface area contributed by atoms with Gasteiger partial charge in [-0.2, -0.15) is 0 Å². The van der Waals surface area contributed by atoms with Crippen LogP contribution in [-0.2, 0) is 14.3 Å². The molecule has 1 aliphatic rings. The first-order chi connectivity index (χ1) is 11.3. The van der Waals surface area contributed by atoms with Crippen molar-refractivity contribution in [3.63, 3.8) is 0 Å². The smallest absolute Gasteiger partial charge is 0.338 e. The average Bonchev–Trinajstić information content (AvgIpc) is 2.56. The first-order valence-electron chi connectivity index (χ1n) is 7.12. The molecule has 0 amide bonds. The van der Waals surface area contributed by atoms with Crippen LogP contribution < -0.4 is 4.74 Å². The van der Waals surface area contributed by atoms with Gasteiger partial charge in [0.05, 0.1) is 11.5 Å². The molecular formula is C14H17NO9. The molecule has 24 heavy (non-hydrogen) atoms. The average molecular weight is 343 g/mol. The van der Waals surface area contributed by atoms with E-state index in [2.05, 4.69) is 0 Å². The molecule has 0 unspecified atom stereocenters. The highest BCUT2D eigenvalue weighted by Crippen LogP contribution is 2.26. The normalized spacial score (nSPS) is 29.8. The first kappa shape index (κ1) is 18.1. The molecule has 0 saturated carbocycles. The third-order valence-corrected chi connectivity index (χ3v) is 3.39. The van der Waals surface area contributed by atoms with E-state index >= 15 is 0 Å². The number of aliphatic hydroxyl groups is 3. The molecule has 1 fully saturated rings. The van der Waals surface area contributed by atoms with Gasteiger partial charge in [0.15, 0.2) is 6.10 Å². The Morgan fingerprint density at radius 1 is 1.21 bits per heavy atom. The summed E-state index contributed by atoms with van der Waals surface area (Å²) in [6.45, 7) is 1.60. The molecule has 1 aromatic rings. The van der Waals surface area contributed by atoms with Crippen molar-refractivity contribution in [2.75, 3.05) is 6.61 Å². The Bertz CT molecular complexity index is 590. The number of carbonyl (C=O) groups excluding carboxylic acids is 1. The van der Waals surface area contributed by atoms with E-state index in [-0.39, 0.29) is 18.0 Å². The first-order valence-corrected chi connectivity index (χ1v) is 7.12. The predicted molar refractivity (Wildman–Crippen MR) is 77.0 cm³/mol. The van der Waals surface area contributed by atoms with Crippen molar-refractivity contribution in [3.05, 3.63) is 34.4 Å². The van der Waals surface area contributed by atoms with Crippen LogP contribution in [0.4, 0.5) is 5.69 Å². The van der Waals surface area contributed by atoms with Crippen LogP contribution in [0.3, 0.4) is 0 Å². The Hall–Kier alpha value is -2.27. The summed E-state index contributed by atoms with van der Waals surface area (Å²) in [5, 5.41) is 40.2. The molecule has 5 atom stereocenters. The van der Waals surface area contributed by atoms with Crippen molar-refractivity contribution in [2.45, 2.75) is 37.6 Å². The molecule has 1 aliphatic heterocycles. The number of nitro benzene ring substituents is 1. The van der Waals surface area contributed by atoms with Crippen molar-refractivity contribution < 1.29 is 39.2 Å². The second-order valence-electron chi connectivity index (χ2n) is 5.02. The Labute approximate surface area is 136 Å². The molecule has 1 aromatic carbocycles. The molecule has 0 aliphatic carbocycles. The van der Waals surface area contributed by atoms with Crippen molar-refractivity contribution in [1.82, 2.24) is 0 Å². The van der Waals surface area contributed by atoms with Gasteiger partial charge < -0.3 is 29.5 Å². The van der Waals surface area contributed by atoms with Gasteiger partial charge in [0.1, 0.15) is 24.1 Å². The van der Waals surface area contributed by atoms with Gasteiger partial charge in [0.25, 0.3) is 5.69 Å². The van der Waals surface area contributed by atoms with E-state index in [0.717, 1.165) is 0 Å². The van der Waals surface area contributed by atoms with Gasteiger partial charge in [0.2, 0.25) is 6.29 Å². The van der Waals surface area contributed by atoms with Gasteiger partial charge in [-0.15, -0.1) is 0 Å². The fourth-order valence-electron chi connectivity index (χ4n) is 2.15. The quantitative estimate of drug-likeness (QED) is 0.360. The van der Waals surface area contributed by atoms with E-state index in [9.17, 15) is 30.2 Å². The summed E-state index contributed by atoms with van der Waals surface area (Å²) in [6, 6.07) is 4.90. The highest BCUT2D eigenvalue weighted by Gasteiger charge is 2.48. The minimum absolute atomic E-state index is 0.0396. The van der Waals surface area contributed by atoms with Gasteiger partial charge in [-0.25, -0.2) is 4.79 Å². The number of esters is 1. The van der Waals surface area contributed by atoms with Gasteiger partial charge >= 0.3 is 5.97 Å². The van der Waals surface area contributed by atoms with E-state index in [1.165, 1.54) is 24.3 Å². The number of nitro groups is 1. The number of aliphatic hydroxyl groups excluding tert-OH is 3. The van der Waals surface area contributed by atoms with Crippen LogP contribution in [0, 0.1) is 10.1 Å². The molecule has 10 heteroatoms. The highest BCUT2D eigenvalue weighted by atomic mass is 16.7. The predicted octanol–water partition coefficient (Wildman–Crippen LogP) is -0.656. The van der Waals surface area contributed by atoms with Crippen LogP contribution in [0.5, 0.6) is 5.75 Å². The summed E-state index contributed by atoms with van der Waals surface area (Å²) >= 11 is 0. The zero-order chi connectivity index (χ0) is 17.9. The molecule has 0 spiro atoms. The number of carbonyl (C=O) groups is 1. The molecule has 1 heterocycles. The Kier molecular flexibility index (Phi) is 5.67. The Morgan fingerprint density at radius 3 is 2.38 bits per heavy atom. The van der Waals surface area contributed by atoms with E-state index in [1.807, 2.05) is 0 Å². The van der Waals surface area contributed by atoms with Crippen molar-refractivity contribution in [3.8, 4) is 5.75 Å². The largest absolute Gasteiger partial charge is 0.464 e. The lowest BCUT2D eigenvalue weighted by Crippen LogP contribution is -2.61. The van der Waals surface area contributed by atoms with Crippen LogP contribution >= 0.6 is 0 Å². The molecule has 0 bridgehead atoms. The van der Waals surface area contributed by atoms with E-state index in [4.69, 9.17) is 14.2 Å². The van der Waals surface area contributed by atoms with Crippen LogP contribution in [0.1, 0.15) is 6.92 Å². The molecule has 0 radical (unpaired) electrons. The number of non-ortho nitro benzene ring substituents is 1. The van der Waals surface area contributed by atoms with Gasteiger partial charge in [0, 0.05) is 12.1 Å². The van der Waals surface area contributed by atoms with Crippen LogP contribution in [0.25, 0.3) is 0 Å². The maximum atomic E-state index is 11.7. The topological polar surface area (TPSA) is 149 Å². The second kappa shape index (κ2) is 7.53. The Balaban J connectivity index is 2.12. The lowest BCUT2D eigenvalue weighted by Gasteiger charge is -2.38. The molecule has 3 N–H and O–H groups in total. The SMILES string of the molecule is CCOC(=O)[C@H]1O[C@@H](Oc2ccc([N+](=O)[O-])cc2)[C@H](O)[C@@H](O)[C@@H]1O. The lowest BCUT2D eigenvalue weighted by atomic mass is 9.99. The number of rotatable bonds is 5. The zero-order valence-corrected chi connectivity index (χ0v) is 12.6. The summed E-state index contributed by atoms with van der Waals surface area (Å²) in [5.41, 5.74) is -0.160. The third-order valence-electron chi connectivity index (χ3n) is 3.39. The number of benzene rings is 1. The maximum Gasteiger partial charge on any atom is 0.338 e. The maximum absolute atomic E-state index is 11.7. The monoisotopic (exact) mass is 343 g/mol. The summed E-state index contributed by atoms with van der Waals surface area (Å²) in [7, 11) is 0. The third kappa shape index (κ3) is 3.79. The number of nitrogens with zero attached hydrogens (tertiary/aromatic N) is 1. The minimum Gasteiger partial charge on any atom is -0.464 e. The van der Waals surface area contributed by atoms with E-state index in [0.29, 0.717) is 0 Å². The van der Waals surface area contributed by atoms with E-state index in [1.54, 1.807) is 6.92 Å². The number of hydrogen-bond acceptors (Lipinski definition) is 9. The molecule has 132 valence electrons. The number of hydrogen-bond donors (Lipinski definition) is 3. The zero-order valence-electron chi connectivity index (χ0n) is 12.6. The standard InChI is InChI=1S/C14H17NO9/c1-2-22-13(19)12-10(17)9(16)11(18)14(24-12)23-8-5-3-7(4-6-8)15(20)21/h3-6,9-12,14,16-18H,2H2,1H3/t9-,10-,11+,12-,14+/m0/s1. The lowest BCUT2D eigenvalue weighted by molar-refractivity contribution is -0.384. The molecule has 0 aromatic heterocycles. The fourth-order valence-corrected chi connectivity index (χ4v) is 2.15. The van der Waals surface area contributed by atoms with Crippen molar-refractivity contribution >= 4 is 11.7 Å². The molecule has 2 rings (SSSR count). The van der Waals surface area contributed by atoms with Gasteiger partial charge in [-0.05, 0) is 19.1 Å². The van der Waals surface area contributed by atoms with E-state index < -0.39 is 41.6 Å².